The maximum atomic E-state index is 10.8. The van der Waals surface area contributed by atoms with E-state index in [1.165, 1.54) is 0 Å². The third kappa shape index (κ3) is 2.98. The van der Waals surface area contributed by atoms with Gasteiger partial charge in [-0.25, -0.2) is 9.59 Å². The van der Waals surface area contributed by atoms with Gasteiger partial charge >= 0.3 is 11.4 Å². The summed E-state index contributed by atoms with van der Waals surface area (Å²) in [6.45, 7) is 2.14. The highest BCUT2D eigenvalue weighted by Gasteiger charge is 2.00. The van der Waals surface area contributed by atoms with Gasteiger partial charge in [0.1, 0.15) is 0 Å². The van der Waals surface area contributed by atoms with Gasteiger partial charge in [0.25, 0.3) is 5.17 Å². The molecule has 0 saturated heterocycles. The van der Waals surface area contributed by atoms with Gasteiger partial charge in [0.2, 0.25) is 5.95 Å². The van der Waals surface area contributed by atoms with Crippen molar-refractivity contribution in [3.8, 4) is 0 Å². The molecule has 0 fully saturated rings. The molecule has 7 nitrogen and oxygen atoms in total. The number of aromatic nitrogens is 3. The summed E-state index contributed by atoms with van der Waals surface area (Å²) in [5, 5.41) is 2.49. The molecule has 0 aliphatic carbocycles. The van der Waals surface area contributed by atoms with Crippen LogP contribution in [0.4, 0.5) is 5.95 Å². The summed E-state index contributed by atoms with van der Waals surface area (Å²) >= 11 is 4.71. The second kappa shape index (κ2) is 4.51. The molecule has 0 radical (unpaired) electrons. The Balaban J connectivity index is 2.82. The van der Waals surface area contributed by atoms with E-state index in [9.17, 15) is 9.59 Å². The van der Waals surface area contributed by atoms with Gasteiger partial charge in [-0.3, -0.25) is 15.3 Å². The molecule has 0 bridgehead atoms. The van der Waals surface area contributed by atoms with E-state index in [-0.39, 0.29) is 11.1 Å². The fraction of sp³-hybridized carbons (Fsp3) is 0.333. The first-order valence-corrected chi connectivity index (χ1v) is 4.17. The number of thiocarbonyl (C=S) groups is 1. The van der Waals surface area contributed by atoms with Crippen molar-refractivity contribution in [3.63, 3.8) is 0 Å². The maximum absolute atomic E-state index is 10.8. The first kappa shape index (κ1) is 10.4. The van der Waals surface area contributed by atoms with Crippen molar-refractivity contribution in [3.05, 3.63) is 21.0 Å². The molecule has 1 rings (SSSR count). The highest BCUT2D eigenvalue weighted by Crippen LogP contribution is 1.90. The minimum Gasteiger partial charge on any atom is -0.471 e. The Kier molecular flexibility index (Phi) is 3.35. The molecular weight excluding hydrogens is 208 g/mol. The van der Waals surface area contributed by atoms with E-state index in [0.717, 1.165) is 0 Å². The van der Waals surface area contributed by atoms with Crippen LogP contribution in [0.25, 0.3) is 0 Å². The second-order valence-electron chi connectivity index (χ2n) is 2.19. The summed E-state index contributed by atoms with van der Waals surface area (Å²) in [6.07, 6.45) is 0. The zero-order chi connectivity index (χ0) is 10.6. The lowest BCUT2D eigenvalue weighted by Gasteiger charge is -2.05. The van der Waals surface area contributed by atoms with E-state index in [1.807, 2.05) is 4.98 Å². The van der Waals surface area contributed by atoms with Crippen LogP contribution >= 0.6 is 12.2 Å². The Morgan fingerprint density at radius 3 is 2.86 bits per heavy atom. The van der Waals surface area contributed by atoms with E-state index in [4.69, 9.17) is 17.0 Å². The van der Waals surface area contributed by atoms with E-state index >= 15 is 0 Å². The molecule has 14 heavy (non-hydrogen) atoms. The molecule has 0 aliphatic heterocycles. The molecule has 0 atom stereocenters. The number of nitrogens with one attached hydrogen (secondary N) is 3. The second-order valence-corrected chi connectivity index (χ2v) is 2.56. The topological polar surface area (TPSA) is 99.9 Å². The average Bonchev–Trinajstić information content (AvgIpc) is 2.01. The molecule has 8 heteroatoms. The van der Waals surface area contributed by atoms with Crippen molar-refractivity contribution >= 4 is 23.3 Å². The van der Waals surface area contributed by atoms with Gasteiger partial charge in [-0.1, -0.05) is 0 Å². The van der Waals surface area contributed by atoms with Gasteiger partial charge in [-0.15, -0.1) is 0 Å². The summed E-state index contributed by atoms with van der Waals surface area (Å²) in [7, 11) is 0. The van der Waals surface area contributed by atoms with Gasteiger partial charge in [0.05, 0.1) is 6.61 Å². The largest absolute Gasteiger partial charge is 0.471 e. The molecule has 0 saturated carbocycles. The number of H-pyrrole nitrogens is 2. The molecule has 1 aromatic heterocycles. The van der Waals surface area contributed by atoms with E-state index in [0.29, 0.717) is 6.61 Å². The monoisotopic (exact) mass is 216 g/mol. The number of aromatic amines is 2. The molecular formula is C6H8N4O3S. The predicted octanol–water partition coefficient (Wildman–Crippen LogP) is -0.809. The molecule has 76 valence electrons. The molecule has 1 aromatic rings. The van der Waals surface area contributed by atoms with Gasteiger partial charge in [0, 0.05) is 0 Å². The van der Waals surface area contributed by atoms with Crippen LogP contribution in [-0.4, -0.2) is 26.7 Å². The number of hydrogen-bond donors (Lipinski definition) is 3. The van der Waals surface area contributed by atoms with Crippen LogP contribution in [0.5, 0.6) is 0 Å². The number of hydrogen-bond acceptors (Lipinski definition) is 5. The minimum atomic E-state index is -0.754. The summed E-state index contributed by atoms with van der Waals surface area (Å²) in [5.74, 6) is -0.0443. The molecule has 0 aromatic carbocycles. The summed E-state index contributed by atoms with van der Waals surface area (Å²) in [5.41, 5.74) is -1.41. The zero-order valence-electron chi connectivity index (χ0n) is 7.29. The first-order chi connectivity index (χ1) is 6.61. The van der Waals surface area contributed by atoms with Crippen LogP contribution in [0.2, 0.25) is 0 Å². The van der Waals surface area contributed by atoms with Gasteiger partial charge in [-0.05, 0) is 19.1 Å². The van der Waals surface area contributed by atoms with Crippen molar-refractivity contribution in [2.24, 2.45) is 0 Å². The first-order valence-electron chi connectivity index (χ1n) is 3.76. The average molecular weight is 216 g/mol. The smallest absolute Gasteiger partial charge is 0.352 e. The van der Waals surface area contributed by atoms with Crippen molar-refractivity contribution in [2.75, 3.05) is 11.9 Å². The Morgan fingerprint density at radius 1 is 1.57 bits per heavy atom. The van der Waals surface area contributed by atoms with E-state index in [1.54, 1.807) is 6.92 Å². The Labute approximate surface area is 83.5 Å². The number of ether oxygens (including phenoxy) is 1. The summed E-state index contributed by atoms with van der Waals surface area (Å²) in [4.78, 5) is 29.1. The quantitative estimate of drug-likeness (QED) is 0.559. The predicted molar refractivity (Wildman–Crippen MR) is 53.3 cm³/mol. The molecule has 0 unspecified atom stereocenters. The fourth-order valence-electron chi connectivity index (χ4n) is 0.716. The number of anilines is 1. The van der Waals surface area contributed by atoms with Crippen LogP contribution in [0, 0.1) is 0 Å². The van der Waals surface area contributed by atoms with Crippen molar-refractivity contribution < 1.29 is 4.74 Å². The minimum absolute atomic E-state index is 0.0428. The zero-order valence-corrected chi connectivity index (χ0v) is 8.10. The lowest BCUT2D eigenvalue weighted by molar-refractivity contribution is 0.335. The fourth-order valence-corrected chi connectivity index (χ4v) is 0.931. The third-order valence-electron chi connectivity index (χ3n) is 1.16. The summed E-state index contributed by atoms with van der Waals surface area (Å²) < 4.78 is 4.87. The van der Waals surface area contributed by atoms with Crippen LogP contribution < -0.4 is 16.7 Å². The van der Waals surface area contributed by atoms with Crippen LogP contribution in [0.3, 0.4) is 0 Å². The lowest BCUT2D eigenvalue weighted by atomic mass is 10.8. The molecule has 3 N–H and O–H groups in total. The number of nitrogens with zero attached hydrogens (tertiary/aromatic N) is 1. The standard InChI is InChI=1S/C6H8N4O3S/c1-2-13-6(14)9-3-7-4(11)10-5(12)8-3/h2H2,1H3,(H3,7,8,9,10,11,12,14). The van der Waals surface area contributed by atoms with Crippen LogP contribution in [0.15, 0.2) is 9.59 Å². The molecule has 1 heterocycles. The van der Waals surface area contributed by atoms with Crippen molar-refractivity contribution in [1.82, 2.24) is 15.0 Å². The molecule has 0 amide bonds. The SMILES string of the molecule is CCOC(=S)Nc1nc(=O)[nH]c(=O)[nH]1. The van der Waals surface area contributed by atoms with E-state index in [2.05, 4.69) is 15.3 Å². The van der Waals surface area contributed by atoms with Gasteiger partial charge in [-0.2, -0.15) is 4.98 Å². The van der Waals surface area contributed by atoms with E-state index < -0.39 is 11.4 Å². The third-order valence-corrected chi connectivity index (χ3v) is 1.38. The van der Waals surface area contributed by atoms with Crippen molar-refractivity contribution in [2.45, 2.75) is 6.92 Å². The maximum Gasteiger partial charge on any atom is 0.352 e. The normalized spacial score (nSPS) is 9.50. The Bertz CT molecular complexity index is 409. The van der Waals surface area contributed by atoms with Gasteiger partial charge in [0.15, 0.2) is 0 Å². The lowest BCUT2D eigenvalue weighted by Crippen LogP contribution is -2.28. The molecule has 0 spiro atoms. The highest BCUT2D eigenvalue weighted by atomic mass is 32.1. The summed E-state index contributed by atoms with van der Waals surface area (Å²) in [6, 6.07) is 0. The Morgan fingerprint density at radius 2 is 2.29 bits per heavy atom. The Hall–Kier alpha value is -1.70. The molecule has 0 aliphatic rings. The van der Waals surface area contributed by atoms with Crippen molar-refractivity contribution in [1.29, 1.82) is 0 Å². The van der Waals surface area contributed by atoms with Crippen LogP contribution in [0.1, 0.15) is 6.92 Å². The number of rotatable bonds is 2. The highest BCUT2D eigenvalue weighted by molar-refractivity contribution is 7.80. The van der Waals surface area contributed by atoms with Gasteiger partial charge < -0.3 is 4.74 Å². The van der Waals surface area contributed by atoms with Crippen LogP contribution in [-0.2, 0) is 4.74 Å².